The monoisotopic (exact) mass is 288 g/mol. The highest BCUT2D eigenvalue weighted by Gasteiger charge is 2.22. The fourth-order valence-electron chi connectivity index (χ4n) is 1.91. The molecule has 104 valence electrons. The molecule has 0 atom stereocenters. The maximum absolute atomic E-state index is 12.3. The van der Waals surface area contributed by atoms with Gasteiger partial charge in [-0.15, -0.1) is 3.98 Å². The fraction of sp³-hybridized carbons (Fsp3) is 0.188. The summed E-state index contributed by atoms with van der Waals surface area (Å²) >= 11 is 0. The van der Waals surface area contributed by atoms with Crippen LogP contribution in [0.4, 0.5) is 0 Å². The van der Waals surface area contributed by atoms with E-state index >= 15 is 0 Å². The summed E-state index contributed by atoms with van der Waals surface area (Å²) in [7, 11) is -1.84. The molecule has 0 aliphatic heterocycles. The van der Waals surface area contributed by atoms with Gasteiger partial charge >= 0.3 is 10.0 Å². The van der Waals surface area contributed by atoms with Gasteiger partial charge in [-0.3, -0.25) is 0 Å². The molecule has 0 radical (unpaired) electrons. The largest absolute Gasteiger partial charge is 0.394 e. The van der Waals surface area contributed by atoms with E-state index in [1.54, 1.807) is 43.6 Å². The second-order valence-corrected chi connectivity index (χ2v) is 6.54. The normalized spacial score (nSPS) is 12.3. The van der Waals surface area contributed by atoms with Gasteiger partial charge in [0.25, 0.3) is 0 Å². The standard InChI is InChI=1S/C16H18NO2S/c1-17(14-8-11-15-9-4-2-5-10-15)20(18,19)16-12-6-3-7-13-16/h2-7,9-10,12-14H,8,11H2,1H3/q+1. The summed E-state index contributed by atoms with van der Waals surface area (Å²) in [5.74, 6) is 0. The number of benzene rings is 2. The van der Waals surface area contributed by atoms with Crippen molar-refractivity contribution in [2.24, 2.45) is 0 Å². The van der Waals surface area contributed by atoms with Crippen molar-refractivity contribution >= 4 is 16.2 Å². The van der Waals surface area contributed by atoms with Crippen LogP contribution in [-0.2, 0) is 16.4 Å². The topological polar surface area (TPSA) is 37.1 Å². The summed E-state index contributed by atoms with van der Waals surface area (Å²) in [4.78, 5) is 0.318. The summed E-state index contributed by atoms with van der Waals surface area (Å²) < 4.78 is 25.8. The fourth-order valence-corrected chi connectivity index (χ4v) is 3.05. The van der Waals surface area contributed by atoms with Crippen LogP contribution in [0.1, 0.15) is 12.0 Å². The Labute approximate surface area is 120 Å². The zero-order valence-corrected chi connectivity index (χ0v) is 12.3. The number of hydrogen-bond acceptors (Lipinski definition) is 2. The molecule has 2 rings (SSSR count). The lowest BCUT2D eigenvalue weighted by atomic mass is 10.1. The second kappa shape index (κ2) is 6.48. The molecule has 3 nitrogen and oxygen atoms in total. The molecule has 0 saturated carbocycles. The quantitative estimate of drug-likeness (QED) is 0.626. The maximum atomic E-state index is 12.3. The zero-order valence-electron chi connectivity index (χ0n) is 11.4. The number of aryl methyl sites for hydroxylation is 1. The molecule has 0 N–H and O–H groups in total. The molecular formula is C16H18NO2S+. The highest BCUT2D eigenvalue weighted by molar-refractivity contribution is 7.85. The van der Waals surface area contributed by atoms with Crippen LogP contribution in [0.3, 0.4) is 0 Å². The molecule has 0 aliphatic rings. The van der Waals surface area contributed by atoms with Crippen molar-refractivity contribution in [1.82, 2.24) is 0 Å². The van der Waals surface area contributed by atoms with E-state index in [1.165, 1.54) is 9.54 Å². The average molecular weight is 288 g/mol. The van der Waals surface area contributed by atoms with Crippen LogP contribution in [0.5, 0.6) is 0 Å². The summed E-state index contributed by atoms with van der Waals surface area (Å²) in [6, 6.07) is 18.5. The van der Waals surface area contributed by atoms with Crippen LogP contribution in [0, 0.1) is 0 Å². The van der Waals surface area contributed by atoms with E-state index in [9.17, 15) is 8.42 Å². The first-order valence-electron chi connectivity index (χ1n) is 6.51. The molecule has 0 spiro atoms. The summed E-state index contributed by atoms with van der Waals surface area (Å²) in [5, 5.41) is 0. The molecule has 0 amide bonds. The van der Waals surface area contributed by atoms with E-state index in [0.717, 1.165) is 6.42 Å². The third kappa shape index (κ3) is 3.54. The Morgan fingerprint density at radius 2 is 1.50 bits per heavy atom. The van der Waals surface area contributed by atoms with Crippen LogP contribution in [0.25, 0.3) is 0 Å². The van der Waals surface area contributed by atoms with E-state index in [0.29, 0.717) is 11.3 Å². The molecular weight excluding hydrogens is 270 g/mol. The van der Waals surface area contributed by atoms with Gasteiger partial charge in [-0.1, -0.05) is 48.5 Å². The van der Waals surface area contributed by atoms with Crippen LogP contribution < -0.4 is 0 Å². The van der Waals surface area contributed by atoms with Crippen LogP contribution >= 0.6 is 0 Å². The van der Waals surface area contributed by atoms with E-state index < -0.39 is 10.0 Å². The number of sulfonamides is 1. The van der Waals surface area contributed by atoms with E-state index in [2.05, 4.69) is 0 Å². The van der Waals surface area contributed by atoms with Gasteiger partial charge in [0.2, 0.25) is 0 Å². The van der Waals surface area contributed by atoms with Gasteiger partial charge in [-0.25, -0.2) is 0 Å². The summed E-state index contributed by atoms with van der Waals surface area (Å²) in [6.07, 6.45) is 3.23. The SMILES string of the molecule is C[N+](=CCCc1ccccc1)S(=O)(=O)c1ccccc1. The Bertz CT molecular complexity index is 677. The van der Waals surface area contributed by atoms with Crippen molar-refractivity contribution in [3.8, 4) is 0 Å². The summed E-state index contributed by atoms with van der Waals surface area (Å²) in [6.45, 7) is 0. The van der Waals surface area contributed by atoms with Crippen molar-refractivity contribution in [3.05, 3.63) is 66.2 Å². The van der Waals surface area contributed by atoms with Crippen molar-refractivity contribution in [1.29, 1.82) is 0 Å². The van der Waals surface area contributed by atoms with Crippen LogP contribution in [-0.4, -0.2) is 25.7 Å². The van der Waals surface area contributed by atoms with Gasteiger partial charge in [0.05, 0.1) is 0 Å². The molecule has 0 saturated heterocycles. The Morgan fingerprint density at radius 3 is 2.10 bits per heavy atom. The van der Waals surface area contributed by atoms with Gasteiger partial charge in [-0.05, 0) is 24.1 Å². The first-order chi connectivity index (χ1) is 9.60. The first-order valence-corrected chi connectivity index (χ1v) is 7.95. The highest BCUT2D eigenvalue weighted by atomic mass is 32.2. The van der Waals surface area contributed by atoms with Gasteiger partial charge in [0.15, 0.2) is 13.3 Å². The Morgan fingerprint density at radius 1 is 0.950 bits per heavy atom. The highest BCUT2D eigenvalue weighted by Crippen LogP contribution is 2.10. The lowest BCUT2D eigenvalue weighted by molar-refractivity contribution is -0.322. The molecule has 0 fully saturated rings. The minimum absolute atomic E-state index is 0.318. The van der Waals surface area contributed by atoms with Crippen LogP contribution in [0.15, 0.2) is 65.6 Å². The predicted octanol–water partition coefficient (Wildman–Crippen LogP) is 2.72. The molecule has 2 aromatic carbocycles. The molecule has 0 unspecified atom stereocenters. The smallest absolute Gasteiger partial charge is 0.159 e. The van der Waals surface area contributed by atoms with Crippen molar-refractivity contribution < 1.29 is 12.4 Å². The summed E-state index contributed by atoms with van der Waals surface area (Å²) in [5.41, 5.74) is 1.20. The molecule has 2 aromatic rings. The van der Waals surface area contributed by atoms with E-state index in [4.69, 9.17) is 0 Å². The predicted molar refractivity (Wildman–Crippen MR) is 80.6 cm³/mol. The van der Waals surface area contributed by atoms with Gasteiger partial charge in [0, 0.05) is 6.42 Å². The Kier molecular flexibility index (Phi) is 4.69. The van der Waals surface area contributed by atoms with Gasteiger partial charge in [0.1, 0.15) is 4.90 Å². The first kappa shape index (κ1) is 14.5. The lowest BCUT2D eigenvalue weighted by Gasteiger charge is -2.00. The van der Waals surface area contributed by atoms with Crippen molar-refractivity contribution in [2.75, 3.05) is 7.05 Å². The molecule has 0 heterocycles. The van der Waals surface area contributed by atoms with E-state index in [1.807, 2.05) is 30.3 Å². The maximum Gasteiger partial charge on any atom is 0.394 e. The zero-order chi connectivity index (χ0) is 14.4. The Balaban J connectivity index is 2.07. The minimum Gasteiger partial charge on any atom is -0.159 e. The van der Waals surface area contributed by atoms with Gasteiger partial charge < -0.3 is 0 Å². The molecule has 0 aromatic heterocycles. The van der Waals surface area contributed by atoms with Gasteiger partial charge in [-0.2, -0.15) is 8.42 Å². The number of hydrogen-bond donors (Lipinski definition) is 0. The molecule has 0 bridgehead atoms. The number of nitrogens with zero attached hydrogens (tertiary/aromatic N) is 1. The third-order valence-corrected chi connectivity index (χ3v) is 4.86. The second-order valence-electron chi connectivity index (χ2n) is 4.54. The van der Waals surface area contributed by atoms with Crippen molar-refractivity contribution in [3.63, 3.8) is 0 Å². The molecule has 4 heteroatoms. The minimum atomic E-state index is -3.42. The van der Waals surface area contributed by atoms with E-state index in [-0.39, 0.29) is 0 Å². The third-order valence-electron chi connectivity index (χ3n) is 3.08. The lowest BCUT2D eigenvalue weighted by Crippen LogP contribution is -2.18. The average Bonchev–Trinajstić information content (AvgIpc) is 2.49. The van der Waals surface area contributed by atoms with Crippen LogP contribution in [0.2, 0.25) is 0 Å². The Hall–Kier alpha value is -1.94. The van der Waals surface area contributed by atoms with Crippen molar-refractivity contribution in [2.45, 2.75) is 17.7 Å². The molecule has 20 heavy (non-hydrogen) atoms. The number of rotatable bonds is 5. The molecule has 0 aliphatic carbocycles.